The van der Waals surface area contributed by atoms with Crippen LogP contribution < -0.4 is 10.0 Å². The van der Waals surface area contributed by atoms with Gasteiger partial charge in [-0.15, -0.1) is 0 Å². The second-order valence-electron chi connectivity index (χ2n) is 5.03. The molecule has 4 nitrogen and oxygen atoms in total. The molecule has 7 heteroatoms. The Hall–Kier alpha value is -0.630. The Balaban J connectivity index is 2.04. The molecule has 1 aromatic rings. The van der Waals surface area contributed by atoms with Gasteiger partial charge in [0.1, 0.15) is 10.7 Å². The first kappa shape index (κ1) is 16.7. The molecule has 1 aromatic carbocycles. The van der Waals surface area contributed by atoms with Crippen LogP contribution >= 0.6 is 11.8 Å². The molecule has 0 bridgehead atoms. The van der Waals surface area contributed by atoms with Crippen LogP contribution in [0.5, 0.6) is 0 Å². The molecule has 1 saturated heterocycles. The lowest BCUT2D eigenvalue weighted by atomic mass is 10.2. The third-order valence-corrected chi connectivity index (χ3v) is 6.24. The second-order valence-corrected chi connectivity index (χ2v) is 8.18. The van der Waals surface area contributed by atoms with E-state index in [0.29, 0.717) is 18.3 Å². The van der Waals surface area contributed by atoms with Crippen molar-refractivity contribution < 1.29 is 12.8 Å². The van der Waals surface area contributed by atoms with E-state index in [1.807, 2.05) is 6.92 Å². The maximum absolute atomic E-state index is 14.0. The number of nitrogens with one attached hydrogen (secondary N) is 2. The SMILES string of the molecule is CCNCc1ccc(S(=O)(=O)NCC2CCCS2)c(F)c1. The van der Waals surface area contributed by atoms with Gasteiger partial charge in [0.2, 0.25) is 10.0 Å². The van der Waals surface area contributed by atoms with Crippen LogP contribution in [0.15, 0.2) is 23.1 Å². The van der Waals surface area contributed by atoms with Gasteiger partial charge in [0.25, 0.3) is 0 Å². The Morgan fingerprint density at radius 2 is 2.24 bits per heavy atom. The Morgan fingerprint density at radius 1 is 1.43 bits per heavy atom. The van der Waals surface area contributed by atoms with Crippen molar-refractivity contribution in [3.8, 4) is 0 Å². The first-order chi connectivity index (χ1) is 10.0. The smallest absolute Gasteiger partial charge is 0.243 e. The molecular weight excluding hydrogens is 311 g/mol. The van der Waals surface area contributed by atoms with Crippen LogP contribution in [0.25, 0.3) is 0 Å². The minimum Gasteiger partial charge on any atom is -0.313 e. The molecule has 1 unspecified atom stereocenters. The second kappa shape index (κ2) is 7.58. The van der Waals surface area contributed by atoms with E-state index in [1.54, 1.807) is 17.8 Å². The maximum Gasteiger partial charge on any atom is 0.243 e. The lowest BCUT2D eigenvalue weighted by molar-refractivity contribution is 0.554. The first-order valence-corrected chi connectivity index (χ1v) is 9.66. The molecule has 1 aliphatic rings. The summed E-state index contributed by atoms with van der Waals surface area (Å²) >= 11 is 1.77. The summed E-state index contributed by atoms with van der Waals surface area (Å²) in [5.41, 5.74) is 0.736. The zero-order valence-corrected chi connectivity index (χ0v) is 13.7. The molecule has 0 aromatic heterocycles. The largest absolute Gasteiger partial charge is 0.313 e. The summed E-state index contributed by atoms with van der Waals surface area (Å²) in [7, 11) is -3.77. The Labute approximate surface area is 129 Å². The Bertz CT molecular complexity index is 572. The summed E-state index contributed by atoms with van der Waals surface area (Å²) in [5, 5.41) is 3.38. The van der Waals surface area contributed by atoms with E-state index in [9.17, 15) is 12.8 Å². The number of thioether (sulfide) groups is 1. The highest BCUT2D eigenvalue weighted by Gasteiger charge is 2.22. The van der Waals surface area contributed by atoms with Crippen molar-refractivity contribution in [1.29, 1.82) is 0 Å². The van der Waals surface area contributed by atoms with Crippen molar-refractivity contribution >= 4 is 21.8 Å². The standard InChI is InChI=1S/C14H21FN2O2S2/c1-2-16-9-11-5-6-14(13(15)8-11)21(18,19)17-10-12-4-3-7-20-12/h5-6,8,12,16-17H,2-4,7,9-10H2,1H3. The minimum atomic E-state index is -3.77. The Kier molecular flexibility index (Phi) is 6.04. The van der Waals surface area contributed by atoms with Crippen molar-refractivity contribution in [1.82, 2.24) is 10.0 Å². The Morgan fingerprint density at radius 3 is 2.86 bits per heavy atom. The lowest BCUT2D eigenvalue weighted by Gasteiger charge is -2.12. The molecule has 0 saturated carbocycles. The molecule has 2 rings (SSSR count). The number of benzene rings is 1. The fraction of sp³-hybridized carbons (Fsp3) is 0.571. The molecule has 0 amide bonds. The number of halogens is 1. The summed E-state index contributed by atoms with van der Waals surface area (Å²) in [6.45, 7) is 3.63. The van der Waals surface area contributed by atoms with Gasteiger partial charge in [-0.25, -0.2) is 17.5 Å². The first-order valence-electron chi connectivity index (χ1n) is 7.13. The molecule has 0 spiro atoms. The zero-order valence-electron chi connectivity index (χ0n) is 12.1. The summed E-state index contributed by atoms with van der Waals surface area (Å²) < 4.78 is 40.9. The van der Waals surface area contributed by atoms with E-state index in [-0.39, 0.29) is 4.90 Å². The molecule has 1 aliphatic heterocycles. The van der Waals surface area contributed by atoms with Crippen molar-refractivity contribution in [2.45, 2.75) is 36.5 Å². The number of hydrogen-bond donors (Lipinski definition) is 2. The third-order valence-electron chi connectivity index (χ3n) is 3.39. The predicted molar refractivity (Wildman–Crippen MR) is 84.4 cm³/mol. The van der Waals surface area contributed by atoms with E-state index in [0.717, 1.165) is 30.7 Å². The van der Waals surface area contributed by atoms with Crippen LogP contribution in [0.3, 0.4) is 0 Å². The monoisotopic (exact) mass is 332 g/mol. The van der Waals surface area contributed by atoms with E-state index in [4.69, 9.17) is 0 Å². The molecule has 2 N–H and O–H groups in total. The quantitative estimate of drug-likeness (QED) is 0.803. The van der Waals surface area contributed by atoms with Gasteiger partial charge in [-0.2, -0.15) is 11.8 Å². The van der Waals surface area contributed by atoms with E-state index in [1.165, 1.54) is 12.1 Å². The molecule has 0 aliphatic carbocycles. The van der Waals surface area contributed by atoms with Gasteiger partial charge in [-0.05, 0) is 42.8 Å². The third kappa shape index (κ3) is 4.67. The average Bonchev–Trinajstić information content (AvgIpc) is 2.96. The van der Waals surface area contributed by atoms with Gasteiger partial charge in [0.05, 0.1) is 0 Å². The van der Waals surface area contributed by atoms with Crippen LogP contribution in [-0.4, -0.2) is 32.5 Å². The predicted octanol–water partition coefficient (Wildman–Crippen LogP) is 2.11. The summed E-state index contributed by atoms with van der Waals surface area (Å²) in [4.78, 5) is -0.272. The molecular formula is C14H21FN2O2S2. The van der Waals surface area contributed by atoms with Crippen LogP contribution in [0.2, 0.25) is 0 Å². The topological polar surface area (TPSA) is 58.2 Å². The van der Waals surface area contributed by atoms with Crippen molar-refractivity contribution in [3.05, 3.63) is 29.6 Å². The van der Waals surface area contributed by atoms with E-state index in [2.05, 4.69) is 10.0 Å². The van der Waals surface area contributed by atoms with E-state index >= 15 is 0 Å². The number of hydrogen-bond acceptors (Lipinski definition) is 4. The van der Waals surface area contributed by atoms with Gasteiger partial charge in [-0.3, -0.25) is 0 Å². The van der Waals surface area contributed by atoms with Gasteiger partial charge < -0.3 is 5.32 Å². The minimum absolute atomic E-state index is 0.272. The van der Waals surface area contributed by atoms with Crippen molar-refractivity contribution in [2.24, 2.45) is 0 Å². The normalized spacial score (nSPS) is 19.0. The van der Waals surface area contributed by atoms with Crippen LogP contribution in [0.1, 0.15) is 25.3 Å². The fourth-order valence-corrected chi connectivity index (χ4v) is 4.67. The maximum atomic E-state index is 14.0. The lowest BCUT2D eigenvalue weighted by Crippen LogP contribution is -2.30. The van der Waals surface area contributed by atoms with Crippen LogP contribution in [-0.2, 0) is 16.6 Å². The summed E-state index contributed by atoms with van der Waals surface area (Å²) in [6, 6.07) is 4.26. The average molecular weight is 332 g/mol. The van der Waals surface area contributed by atoms with Crippen molar-refractivity contribution in [3.63, 3.8) is 0 Å². The number of sulfonamides is 1. The highest BCUT2D eigenvalue weighted by molar-refractivity contribution is 8.00. The van der Waals surface area contributed by atoms with E-state index < -0.39 is 15.8 Å². The number of rotatable bonds is 7. The van der Waals surface area contributed by atoms with Gasteiger partial charge in [-0.1, -0.05) is 13.0 Å². The zero-order chi connectivity index (χ0) is 15.3. The molecule has 0 radical (unpaired) electrons. The summed E-state index contributed by atoms with van der Waals surface area (Å²) in [5.74, 6) is 0.372. The highest BCUT2D eigenvalue weighted by atomic mass is 32.2. The fourth-order valence-electron chi connectivity index (χ4n) is 2.23. The summed E-state index contributed by atoms with van der Waals surface area (Å²) in [6.07, 6.45) is 2.13. The highest BCUT2D eigenvalue weighted by Crippen LogP contribution is 2.26. The molecule has 118 valence electrons. The molecule has 21 heavy (non-hydrogen) atoms. The van der Waals surface area contributed by atoms with Gasteiger partial charge in [0.15, 0.2) is 0 Å². The molecule has 1 atom stereocenters. The van der Waals surface area contributed by atoms with Crippen molar-refractivity contribution in [2.75, 3.05) is 18.8 Å². The van der Waals surface area contributed by atoms with Crippen LogP contribution in [0.4, 0.5) is 4.39 Å². The van der Waals surface area contributed by atoms with Crippen LogP contribution in [0, 0.1) is 5.82 Å². The molecule has 1 fully saturated rings. The van der Waals surface area contributed by atoms with Gasteiger partial charge >= 0.3 is 0 Å². The molecule has 1 heterocycles. The van der Waals surface area contributed by atoms with Gasteiger partial charge in [0, 0.05) is 18.3 Å².